The first-order valence-corrected chi connectivity index (χ1v) is 7.04. The van der Waals surface area contributed by atoms with E-state index in [1.807, 2.05) is 0 Å². The van der Waals surface area contributed by atoms with Crippen molar-refractivity contribution in [1.82, 2.24) is 0 Å². The van der Waals surface area contributed by atoms with Crippen LogP contribution in [0.15, 0.2) is 24.3 Å². The van der Waals surface area contributed by atoms with Crippen LogP contribution in [0.2, 0.25) is 0 Å². The van der Waals surface area contributed by atoms with Crippen molar-refractivity contribution in [1.29, 1.82) is 0 Å². The van der Waals surface area contributed by atoms with E-state index < -0.39 is 43.3 Å². The molecule has 5 atom stereocenters. The highest BCUT2D eigenvalue weighted by Crippen LogP contribution is 2.31. The largest absolute Gasteiger partial charge is 0.504 e. The zero-order valence-corrected chi connectivity index (χ0v) is 12.4. The Balaban J connectivity index is 2.13. The van der Waals surface area contributed by atoms with Crippen molar-refractivity contribution in [3.8, 4) is 11.5 Å². The molecule has 2 rings (SSSR count). The van der Waals surface area contributed by atoms with Gasteiger partial charge in [0.15, 0.2) is 11.5 Å². The molecule has 6 N–H and O–H groups in total. The van der Waals surface area contributed by atoms with Gasteiger partial charge in [0.2, 0.25) is 6.29 Å². The Labute approximate surface area is 136 Å². The molecular weight excluding hydrogens is 324 g/mol. The van der Waals surface area contributed by atoms with Crippen molar-refractivity contribution in [3.05, 3.63) is 29.8 Å². The summed E-state index contributed by atoms with van der Waals surface area (Å²) in [6, 6.07) is 4.01. The maximum Gasteiger partial charge on any atom is 0.328 e. The number of aromatic hydroxyl groups is 1. The first kappa shape index (κ1) is 18.2. The predicted octanol–water partition coefficient (Wildman–Crippen LogP) is -1.33. The van der Waals surface area contributed by atoms with Gasteiger partial charge < -0.3 is 40.1 Å². The molecule has 0 spiro atoms. The van der Waals surface area contributed by atoms with Crippen LogP contribution in [-0.2, 0) is 9.53 Å². The third kappa shape index (κ3) is 4.02. The minimum atomic E-state index is -1.60. The number of aliphatic hydroxyl groups excluding tert-OH is 4. The zero-order chi connectivity index (χ0) is 17.9. The van der Waals surface area contributed by atoms with Crippen LogP contribution >= 0.6 is 0 Å². The molecule has 5 unspecified atom stereocenters. The molecular formula is C15H18O9. The lowest BCUT2D eigenvalue weighted by atomic mass is 9.99. The molecule has 9 nitrogen and oxygen atoms in total. The summed E-state index contributed by atoms with van der Waals surface area (Å²) in [6.07, 6.45) is -5.11. The lowest BCUT2D eigenvalue weighted by molar-refractivity contribution is -0.277. The lowest BCUT2D eigenvalue weighted by Crippen LogP contribution is -2.60. The van der Waals surface area contributed by atoms with Gasteiger partial charge in [-0.3, -0.25) is 0 Å². The number of carboxylic acid groups (broad SMARTS) is 1. The fourth-order valence-corrected chi connectivity index (χ4v) is 2.20. The third-order valence-corrected chi connectivity index (χ3v) is 3.49. The quantitative estimate of drug-likeness (QED) is 0.357. The van der Waals surface area contributed by atoms with Crippen LogP contribution in [0.5, 0.6) is 11.5 Å². The van der Waals surface area contributed by atoms with E-state index in [0.717, 1.165) is 6.08 Å². The molecule has 0 bridgehead atoms. The molecule has 1 heterocycles. The summed E-state index contributed by atoms with van der Waals surface area (Å²) in [5, 5.41) is 56.8. The van der Waals surface area contributed by atoms with Crippen LogP contribution in [-0.4, -0.2) is 73.9 Å². The van der Waals surface area contributed by atoms with E-state index in [1.54, 1.807) is 0 Å². The fraction of sp³-hybridized carbons (Fsp3) is 0.400. The van der Waals surface area contributed by atoms with E-state index in [0.29, 0.717) is 5.56 Å². The van der Waals surface area contributed by atoms with E-state index >= 15 is 0 Å². The van der Waals surface area contributed by atoms with Crippen molar-refractivity contribution < 1.29 is 44.9 Å². The van der Waals surface area contributed by atoms with Gasteiger partial charge >= 0.3 is 5.97 Å². The Morgan fingerprint density at radius 1 is 1.21 bits per heavy atom. The van der Waals surface area contributed by atoms with Crippen LogP contribution in [0.3, 0.4) is 0 Å². The predicted molar refractivity (Wildman–Crippen MR) is 79.2 cm³/mol. The van der Waals surface area contributed by atoms with Gasteiger partial charge in [0, 0.05) is 6.08 Å². The number of phenols is 1. The summed E-state index contributed by atoms with van der Waals surface area (Å²) in [7, 11) is 0. The van der Waals surface area contributed by atoms with Crippen LogP contribution in [0.1, 0.15) is 5.56 Å². The zero-order valence-electron chi connectivity index (χ0n) is 12.4. The second-order valence-electron chi connectivity index (χ2n) is 5.21. The lowest BCUT2D eigenvalue weighted by Gasteiger charge is -2.39. The van der Waals surface area contributed by atoms with Crippen molar-refractivity contribution in [2.24, 2.45) is 0 Å². The highest BCUT2D eigenvalue weighted by molar-refractivity contribution is 5.85. The van der Waals surface area contributed by atoms with Crippen molar-refractivity contribution in [2.45, 2.75) is 30.7 Å². The van der Waals surface area contributed by atoms with Crippen molar-refractivity contribution >= 4 is 12.0 Å². The van der Waals surface area contributed by atoms with E-state index in [-0.39, 0.29) is 11.5 Å². The summed E-state index contributed by atoms with van der Waals surface area (Å²) in [5.41, 5.74) is 0.399. The van der Waals surface area contributed by atoms with Gasteiger partial charge in [0.1, 0.15) is 24.4 Å². The SMILES string of the molecule is O=C(O)/C=C\c1ccc(OC2OC(CO)C(O)C(O)C2O)c(O)c1. The molecule has 132 valence electrons. The van der Waals surface area contributed by atoms with E-state index in [4.69, 9.17) is 19.7 Å². The molecule has 1 aliphatic rings. The average Bonchev–Trinajstić information content (AvgIpc) is 2.55. The smallest absolute Gasteiger partial charge is 0.328 e. The molecule has 1 saturated heterocycles. The highest BCUT2D eigenvalue weighted by atomic mass is 16.7. The molecule has 0 aliphatic carbocycles. The number of carbonyl (C=O) groups is 1. The van der Waals surface area contributed by atoms with Gasteiger partial charge in [-0.15, -0.1) is 0 Å². The number of hydrogen-bond acceptors (Lipinski definition) is 8. The minimum absolute atomic E-state index is 0.0909. The van der Waals surface area contributed by atoms with Gasteiger partial charge in [0.05, 0.1) is 6.61 Å². The number of hydrogen-bond donors (Lipinski definition) is 6. The molecule has 0 aromatic heterocycles. The summed E-state index contributed by atoms with van der Waals surface area (Å²) < 4.78 is 10.4. The first-order chi connectivity index (χ1) is 11.3. The summed E-state index contributed by atoms with van der Waals surface area (Å²) >= 11 is 0. The molecule has 1 aliphatic heterocycles. The van der Waals surface area contributed by atoms with E-state index in [1.165, 1.54) is 24.3 Å². The standard InChI is InChI=1S/C15H18O9/c16-6-10-12(20)13(21)14(22)15(24-10)23-9-3-1-7(5-8(9)17)2-4-11(18)19/h1-5,10,12-17,20-22H,6H2,(H,18,19)/b4-2-. The maximum atomic E-state index is 10.5. The molecule has 1 fully saturated rings. The van der Waals surface area contributed by atoms with E-state index in [2.05, 4.69) is 0 Å². The van der Waals surface area contributed by atoms with Crippen molar-refractivity contribution in [2.75, 3.05) is 6.61 Å². The minimum Gasteiger partial charge on any atom is -0.504 e. The van der Waals surface area contributed by atoms with Crippen LogP contribution in [0, 0.1) is 0 Å². The van der Waals surface area contributed by atoms with Gasteiger partial charge in [0.25, 0.3) is 0 Å². The van der Waals surface area contributed by atoms with Gasteiger partial charge in [-0.25, -0.2) is 4.79 Å². The number of carboxylic acids is 1. The highest BCUT2D eigenvalue weighted by Gasteiger charge is 2.44. The molecule has 0 amide bonds. The average molecular weight is 342 g/mol. The Bertz CT molecular complexity index is 613. The van der Waals surface area contributed by atoms with Gasteiger partial charge in [-0.1, -0.05) is 6.07 Å². The third-order valence-electron chi connectivity index (χ3n) is 3.49. The number of aliphatic hydroxyl groups is 4. The second kappa shape index (κ2) is 7.60. The molecule has 1 aromatic rings. The van der Waals surface area contributed by atoms with Gasteiger partial charge in [-0.2, -0.15) is 0 Å². The first-order valence-electron chi connectivity index (χ1n) is 7.04. The molecule has 0 saturated carbocycles. The van der Waals surface area contributed by atoms with Crippen LogP contribution < -0.4 is 4.74 Å². The molecule has 0 radical (unpaired) electrons. The number of aliphatic carboxylic acids is 1. The monoisotopic (exact) mass is 342 g/mol. The number of ether oxygens (including phenoxy) is 2. The maximum absolute atomic E-state index is 10.5. The molecule has 24 heavy (non-hydrogen) atoms. The van der Waals surface area contributed by atoms with Crippen molar-refractivity contribution in [3.63, 3.8) is 0 Å². The summed E-state index contributed by atoms with van der Waals surface area (Å²) in [5.74, 6) is -1.58. The van der Waals surface area contributed by atoms with Crippen LogP contribution in [0.25, 0.3) is 6.08 Å². The Kier molecular flexibility index (Phi) is 5.75. The van der Waals surface area contributed by atoms with E-state index in [9.17, 15) is 25.2 Å². The molecule has 1 aromatic carbocycles. The molecule has 9 heteroatoms. The summed E-state index contributed by atoms with van der Waals surface area (Å²) in [6.45, 7) is -0.601. The number of phenolic OH excluding ortho intramolecular Hbond substituents is 1. The normalized spacial score (nSPS) is 30.4. The second-order valence-corrected chi connectivity index (χ2v) is 5.21. The summed E-state index contributed by atoms with van der Waals surface area (Å²) in [4.78, 5) is 10.5. The fourth-order valence-electron chi connectivity index (χ4n) is 2.20. The Morgan fingerprint density at radius 3 is 2.50 bits per heavy atom. The van der Waals surface area contributed by atoms with Crippen LogP contribution in [0.4, 0.5) is 0 Å². The topological polar surface area (TPSA) is 157 Å². The Hall–Kier alpha value is -2.17. The van der Waals surface area contributed by atoms with Gasteiger partial charge in [-0.05, 0) is 23.8 Å². The number of benzene rings is 1. The Morgan fingerprint density at radius 2 is 1.92 bits per heavy atom. The number of rotatable bonds is 5.